The number of rotatable bonds is 10. The van der Waals surface area contributed by atoms with Gasteiger partial charge < -0.3 is 14.7 Å². The molecule has 4 heteroatoms. The van der Waals surface area contributed by atoms with Gasteiger partial charge in [-0.15, -0.1) is 0 Å². The van der Waals surface area contributed by atoms with Crippen LogP contribution in [0.5, 0.6) is 0 Å². The fourth-order valence-electron chi connectivity index (χ4n) is 2.71. The number of allylic oxidation sites excluding steroid dienone is 9. The molecule has 0 bridgehead atoms. The number of aldehydes is 1. The summed E-state index contributed by atoms with van der Waals surface area (Å²) in [6.07, 6.45) is 14.6. The molecule has 0 spiro atoms. The summed E-state index contributed by atoms with van der Waals surface area (Å²) in [6.45, 7) is 20.0. The lowest BCUT2D eigenvalue weighted by atomic mass is 9.86. The number of nitrogens with two attached hydrogens (primary N) is 1. The molecule has 4 nitrogen and oxygen atoms in total. The van der Waals surface area contributed by atoms with E-state index in [4.69, 9.17) is 9.94 Å². The van der Waals surface area contributed by atoms with Crippen molar-refractivity contribution >= 4 is 23.5 Å². The highest BCUT2D eigenvalue weighted by Gasteiger charge is 2.14. The monoisotopic (exact) mass is 423 g/mol. The molecule has 0 unspecified atom stereocenters. The summed E-state index contributed by atoms with van der Waals surface area (Å²) in [4.78, 5) is 10.9. The molecule has 0 aromatic heterocycles. The van der Waals surface area contributed by atoms with Crippen LogP contribution in [0.1, 0.15) is 50.8 Å². The van der Waals surface area contributed by atoms with Crippen molar-refractivity contribution in [3.8, 4) is 0 Å². The van der Waals surface area contributed by atoms with Gasteiger partial charge in [-0.1, -0.05) is 88.2 Å². The number of ether oxygens (including phenoxy) is 1. The first-order valence-electron chi connectivity index (χ1n) is 10.1. The maximum atomic E-state index is 10.9. The average Bonchev–Trinajstić information content (AvgIpc) is 2.82. The van der Waals surface area contributed by atoms with Crippen LogP contribution in [-0.2, 0) is 9.53 Å². The summed E-state index contributed by atoms with van der Waals surface area (Å²) >= 11 is 0. The lowest BCUT2D eigenvalue weighted by Gasteiger charge is -2.17. The average molecular weight is 424 g/mol. The van der Waals surface area contributed by atoms with E-state index in [-0.39, 0.29) is 0 Å². The topological polar surface area (TPSA) is 72.5 Å². The third kappa shape index (κ3) is 9.90. The zero-order valence-electron chi connectivity index (χ0n) is 19.5. The molecule has 168 valence electrons. The molecule has 0 saturated carbocycles. The minimum absolute atomic E-state index is 0.303. The van der Waals surface area contributed by atoms with Gasteiger partial charge in [-0.2, -0.15) is 0 Å². The molecule has 0 amide bonds. The van der Waals surface area contributed by atoms with E-state index in [1.54, 1.807) is 13.2 Å². The van der Waals surface area contributed by atoms with Gasteiger partial charge in [-0.25, -0.2) is 5.90 Å². The maximum absolute atomic E-state index is 10.9. The Morgan fingerprint density at radius 2 is 1.81 bits per heavy atom. The van der Waals surface area contributed by atoms with Crippen LogP contribution in [0, 0.1) is 0 Å². The van der Waals surface area contributed by atoms with Crippen LogP contribution < -0.4 is 5.90 Å². The van der Waals surface area contributed by atoms with Crippen molar-refractivity contribution in [1.29, 1.82) is 0 Å². The highest BCUT2D eigenvalue weighted by atomic mass is 16.5. The zero-order valence-corrected chi connectivity index (χ0v) is 19.5. The molecule has 1 aromatic rings. The van der Waals surface area contributed by atoms with Crippen molar-refractivity contribution in [2.45, 2.75) is 34.1 Å². The van der Waals surface area contributed by atoms with E-state index in [2.05, 4.69) is 43.8 Å². The summed E-state index contributed by atoms with van der Waals surface area (Å²) in [5.74, 6) is 4.03. The molecule has 0 fully saturated rings. The van der Waals surface area contributed by atoms with Gasteiger partial charge in [0.25, 0.3) is 0 Å². The standard InChI is InChI=1S/C25H28O2.C2H6.H3NO/c1-7-12-23-13-10-15-24(21(8-2)9-3)25(23)20(5)22(14-11-18-26)17-16-19(4)27-6;2*1-2/h7-10,12-18H,2,4-5,11H2,1,3,6H3;1-2H3;2H,1H2/b12-7-,17-16-,21-9+,22-14+;;. The van der Waals surface area contributed by atoms with Crippen molar-refractivity contribution in [2.75, 3.05) is 7.11 Å². The summed E-state index contributed by atoms with van der Waals surface area (Å²) in [5, 5.41) is 6.50. The first-order chi connectivity index (χ1) is 15.0. The number of hydrogen-bond donors (Lipinski definition) is 2. The van der Waals surface area contributed by atoms with Crippen molar-refractivity contribution in [3.63, 3.8) is 0 Å². The van der Waals surface area contributed by atoms with Crippen LogP contribution in [0.15, 0.2) is 85.7 Å². The van der Waals surface area contributed by atoms with Gasteiger partial charge in [0.1, 0.15) is 12.0 Å². The lowest BCUT2D eigenvalue weighted by molar-refractivity contribution is -0.107. The molecule has 0 aliphatic carbocycles. The number of benzene rings is 1. The van der Waals surface area contributed by atoms with E-state index in [1.807, 2.05) is 64.1 Å². The molecule has 0 aliphatic rings. The van der Waals surface area contributed by atoms with Crippen LogP contribution in [-0.4, -0.2) is 18.6 Å². The van der Waals surface area contributed by atoms with Crippen molar-refractivity contribution < 1.29 is 14.7 Å². The summed E-state index contributed by atoms with van der Waals surface area (Å²) in [5.41, 5.74) is 5.80. The van der Waals surface area contributed by atoms with Gasteiger partial charge in [0.05, 0.1) is 7.11 Å². The molecule has 31 heavy (non-hydrogen) atoms. The minimum atomic E-state index is 0.303. The number of carbonyl (C=O) groups is 1. The largest absolute Gasteiger partial charge is 0.497 e. The summed E-state index contributed by atoms with van der Waals surface area (Å²) in [7, 11) is 1.57. The van der Waals surface area contributed by atoms with Crippen molar-refractivity contribution in [1.82, 2.24) is 0 Å². The number of carbonyl (C=O) groups excluding carboxylic acids is 1. The second-order valence-electron chi connectivity index (χ2n) is 5.76. The Kier molecular flexibility index (Phi) is 18.2. The van der Waals surface area contributed by atoms with E-state index in [0.29, 0.717) is 12.2 Å². The zero-order chi connectivity index (χ0) is 24.2. The second-order valence-corrected chi connectivity index (χ2v) is 5.76. The summed E-state index contributed by atoms with van der Waals surface area (Å²) in [6, 6.07) is 6.13. The van der Waals surface area contributed by atoms with Crippen LogP contribution >= 0.6 is 0 Å². The smallest absolute Gasteiger partial charge is 0.123 e. The normalized spacial score (nSPS) is 11.2. The van der Waals surface area contributed by atoms with Crippen LogP contribution in [0.25, 0.3) is 17.2 Å². The first kappa shape index (κ1) is 30.0. The molecule has 0 radical (unpaired) electrons. The molecular formula is C27H37NO3. The van der Waals surface area contributed by atoms with E-state index >= 15 is 0 Å². The predicted octanol–water partition coefficient (Wildman–Crippen LogP) is 6.91. The van der Waals surface area contributed by atoms with Crippen molar-refractivity contribution in [2.24, 2.45) is 5.90 Å². The molecular weight excluding hydrogens is 386 g/mol. The Morgan fingerprint density at radius 3 is 2.29 bits per heavy atom. The number of methoxy groups -OCH3 is 1. The van der Waals surface area contributed by atoms with Gasteiger partial charge in [0.2, 0.25) is 0 Å². The first-order valence-corrected chi connectivity index (χ1v) is 10.1. The van der Waals surface area contributed by atoms with E-state index < -0.39 is 0 Å². The third-order valence-electron chi connectivity index (χ3n) is 4.08. The van der Waals surface area contributed by atoms with Crippen LogP contribution in [0.2, 0.25) is 0 Å². The molecule has 1 aromatic carbocycles. The Hall–Kier alpha value is -3.21. The number of hydrogen-bond acceptors (Lipinski definition) is 4. The fourth-order valence-corrected chi connectivity index (χ4v) is 2.71. The lowest BCUT2D eigenvalue weighted by Crippen LogP contribution is -1.98. The Balaban J connectivity index is 0. The van der Waals surface area contributed by atoms with Gasteiger partial charge in [0.15, 0.2) is 0 Å². The SMILES string of the molecule is C=C/C(=C\C)c1cccc(/C=C\C)c1C(=C)C(/C=C\C(=C)OC)=C/CC=O.CC.NO. The predicted molar refractivity (Wildman–Crippen MR) is 135 cm³/mol. The van der Waals surface area contributed by atoms with E-state index in [9.17, 15) is 4.79 Å². The summed E-state index contributed by atoms with van der Waals surface area (Å²) < 4.78 is 5.11. The van der Waals surface area contributed by atoms with E-state index in [1.165, 1.54) is 0 Å². The van der Waals surface area contributed by atoms with Crippen molar-refractivity contribution in [3.05, 3.63) is 102 Å². The Morgan fingerprint density at radius 1 is 1.16 bits per heavy atom. The van der Waals surface area contributed by atoms with Crippen LogP contribution in [0.3, 0.4) is 0 Å². The molecule has 0 heterocycles. The molecule has 0 saturated heterocycles. The highest BCUT2D eigenvalue weighted by Crippen LogP contribution is 2.34. The maximum Gasteiger partial charge on any atom is 0.123 e. The molecule has 3 N–H and O–H groups in total. The van der Waals surface area contributed by atoms with Gasteiger partial charge >= 0.3 is 0 Å². The van der Waals surface area contributed by atoms with Gasteiger partial charge in [-0.05, 0) is 53.3 Å². The second kappa shape index (κ2) is 18.8. The molecule has 1 rings (SSSR count). The highest BCUT2D eigenvalue weighted by molar-refractivity contribution is 5.93. The quantitative estimate of drug-likeness (QED) is 0.185. The molecule has 0 aliphatic heterocycles. The van der Waals surface area contributed by atoms with Crippen LogP contribution in [0.4, 0.5) is 0 Å². The van der Waals surface area contributed by atoms with Gasteiger partial charge in [0, 0.05) is 6.42 Å². The van der Waals surface area contributed by atoms with Gasteiger partial charge in [-0.3, -0.25) is 0 Å². The third-order valence-corrected chi connectivity index (χ3v) is 4.08. The Bertz CT molecular complexity index is 840. The minimum Gasteiger partial charge on any atom is -0.497 e. The fraction of sp³-hybridized carbons (Fsp3) is 0.222. The molecule has 0 atom stereocenters. The Labute approximate surface area is 188 Å². The van der Waals surface area contributed by atoms with E-state index in [0.717, 1.165) is 39.7 Å².